The molecule has 1 aliphatic heterocycles. The molecule has 4 rings (SSSR count). The molecule has 1 fully saturated rings. The highest BCUT2D eigenvalue weighted by Gasteiger charge is 2.35. The number of amides is 3. The Labute approximate surface area is 214 Å². The van der Waals surface area contributed by atoms with Crippen molar-refractivity contribution in [3.05, 3.63) is 98.6 Å². The number of thioether (sulfide) groups is 1. The fourth-order valence-corrected chi connectivity index (χ4v) is 4.44. The van der Waals surface area contributed by atoms with Crippen molar-refractivity contribution in [2.75, 3.05) is 11.9 Å². The molecule has 0 atom stereocenters. The number of rotatable bonds is 7. The minimum absolute atomic E-state index is 0.0477. The first-order valence-corrected chi connectivity index (χ1v) is 11.8. The number of ether oxygens (including phenoxy) is 1. The van der Waals surface area contributed by atoms with E-state index in [9.17, 15) is 18.8 Å². The van der Waals surface area contributed by atoms with E-state index in [0.717, 1.165) is 16.7 Å². The number of para-hydroxylation sites is 1. The summed E-state index contributed by atoms with van der Waals surface area (Å²) < 4.78 is 18.6. The molecule has 178 valence electrons. The third kappa shape index (κ3) is 6.22. The molecule has 10 heteroatoms. The standard InChI is InChI=1S/C25H17Cl2FN2O4S/c26-18-3-1-2-4-20(18)29-23(31)14-34-21-10-7-16(11-19(21)27)12-22-24(32)30(25(33)35-22)13-15-5-8-17(28)9-6-15/h1-12H,13-14H2,(H,29,31)/b22-12-. The maximum Gasteiger partial charge on any atom is 0.293 e. The van der Waals surface area contributed by atoms with Crippen molar-refractivity contribution in [1.29, 1.82) is 0 Å². The maximum atomic E-state index is 13.1. The second-order valence-electron chi connectivity index (χ2n) is 7.40. The van der Waals surface area contributed by atoms with E-state index in [0.29, 0.717) is 21.8 Å². The van der Waals surface area contributed by atoms with Gasteiger partial charge in [0.25, 0.3) is 17.1 Å². The number of carbonyl (C=O) groups excluding carboxylic acids is 3. The predicted molar refractivity (Wildman–Crippen MR) is 135 cm³/mol. The smallest absolute Gasteiger partial charge is 0.293 e. The molecule has 0 radical (unpaired) electrons. The van der Waals surface area contributed by atoms with Crippen LogP contribution in [0.15, 0.2) is 71.6 Å². The quantitative estimate of drug-likeness (QED) is 0.358. The Morgan fingerprint density at radius 1 is 1.03 bits per heavy atom. The number of hydrogen-bond acceptors (Lipinski definition) is 5. The molecule has 0 bridgehead atoms. The molecular formula is C25H17Cl2FN2O4S. The molecule has 1 aliphatic rings. The van der Waals surface area contributed by atoms with Crippen LogP contribution < -0.4 is 10.1 Å². The molecule has 1 N–H and O–H groups in total. The summed E-state index contributed by atoms with van der Waals surface area (Å²) in [6.07, 6.45) is 1.55. The third-order valence-corrected chi connectivity index (χ3v) is 6.42. The minimum Gasteiger partial charge on any atom is -0.482 e. The first-order valence-electron chi connectivity index (χ1n) is 10.3. The molecule has 0 saturated carbocycles. The van der Waals surface area contributed by atoms with E-state index >= 15 is 0 Å². The molecule has 0 aliphatic carbocycles. The molecule has 6 nitrogen and oxygen atoms in total. The van der Waals surface area contributed by atoms with E-state index in [4.69, 9.17) is 27.9 Å². The van der Waals surface area contributed by atoms with Crippen LogP contribution in [0.4, 0.5) is 14.9 Å². The van der Waals surface area contributed by atoms with Crippen LogP contribution in [0, 0.1) is 5.82 Å². The molecule has 1 saturated heterocycles. The van der Waals surface area contributed by atoms with Gasteiger partial charge in [0.1, 0.15) is 11.6 Å². The summed E-state index contributed by atoms with van der Waals surface area (Å²) in [5.41, 5.74) is 1.69. The molecule has 0 spiro atoms. The lowest BCUT2D eigenvalue weighted by Gasteiger charge is -2.12. The van der Waals surface area contributed by atoms with Crippen LogP contribution in [0.3, 0.4) is 0 Å². The summed E-state index contributed by atoms with van der Waals surface area (Å²) in [6, 6.07) is 17.2. The van der Waals surface area contributed by atoms with Crippen LogP contribution in [0.25, 0.3) is 6.08 Å². The Hall–Kier alpha value is -3.33. The maximum absolute atomic E-state index is 13.1. The fraction of sp³-hybridized carbons (Fsp3) is 0.0800. The number of benzene rings is 3. The van der Waals surface area contributed by atoms with Crippen molar-refractivity contribution >= 4 is 63.8 Å². The van der Waals surface area contributed by atoms with Crippen LogP contribution in [0.2, 0.25) is 10.0 Å². The number of hydrogen-bond donors (Lipinski definition) is 1. The van der Waals surface area contributed by atoms with Crippen molar-refractivity contribution < 1.29 is 23.5 Å². The zero-order valence-electron chi connectivity index (χ0n) is 18.0. The van der Waals surface area contributed by atoms with Gasteiger partial charge in [-0.25, -0.2) is 4.39 Å². The predicted octanol–water partition coefficient (Wildman–Crippen LogP) is 6.39. The van der Waals surface area contributed by atoms with Gasteiger partial charge in [-0.3, -0.25) is 19.3 Å². The highest BCUT2D eigenvalue weighted by atomic mass is 35.5. The minimum atomic E-state index is -0.447. The van der Waals surface area contributed by atoms with Gasteiger partial charge < -0.3 is 10.1 Å². The average molecular weight is 531 g/mol. The Morgan fingerprint density at radius 2 is 1.77 bits per heavy atom. The normalized spacial score (nSPS) is 14.5. The summed E-state index contributed by atoms with van der Waals surface area (Å²) in [4.78, 5) is 38.5. The van der Waals surface area contributed by atoms with Crippen LogP contribution in [-0.4, -0.2) is 28.6 Å². The van der Waals surface area contributed by atoms with Gasteiger partial charge in [0, 0.05) is 0 Å². The van der Waals surface area contributed by atoms with Gasteiger partial charge in [-0.05, 0) is 65.4 Å². The number of imide groups is 1. The zero-order valence-corrected chi connectivity index (χ0v) is 20.3. The second kappa shape index (κ2) is 10.9. The number of halogens is 3. The molecular weight excluding hydrogens is 514 g/mol. The fourth-order valence-electron chi connectivity index (χ4n) is 3.18. The Bertz CT molecular complexity index is 1330. The van der Waals surface area contributed by atoms with Crippen molar-refractivity contribution in [2.24, 2.45) is 0 Å². The Kier molecular flexibility index (Phi) is 7.75. The number of carbonyl (C=O) groups is 3. The lowest BCUT2D eigenvalue weighted by atomic mass is 10.2. The van der Waals surface area contributed by atoms with E-state index < -0.39 is 22.9 Å². The number of anilines is 1. The lowest BCUT2D eigenvalue weighted by Crippen LogP contribution is -2.27. The molecule has 1 heterocycles. The average Bonchev–Trinajstić information content (AvgIpc) is 3.08. The number of nitrogens with one attached hydrogen (secondary N) is 1. The first-order chi connectivity index (χ1) is 16.8. The second-order valence-corrected chi connectivity index (χ2v) is 9.21. The summed E-state index contributed by atoms with van der Waals surface area (Å²) in [5.74, 6) is -0.971. The van der Waals surface area contributed by atoms with E-state index in [1.54, 1.807) is 48.5 Å². The van der Waals surface area contributed by atoms with Gasteiger partial charge >= 0.3 is 0 Å². The van der Waals surface area contributed by atoms with Crippen LogP contribution >= 0.6 is 35.0 Å². The van der Waals surface area contributed by atoms with Crippen molar-refractivity contribution in [3.8, 4) is 5.75 Å². The summed E-state index contributed by atoms with van der Waals surface area (Å²) in [5, 5.41) is 2.87. The van der Waals surface area contributed by atoms with Gasteiger partial charge in [0.05, 0.1) is 27.2 Å². The van der Waals surface area contributed by atoms with E-state index in [-0.39, 0.29) is 28.8 Å². The number of nitrogens with zero attached hydrogens (tertiary/aromatic N) is 1. The first kappa shape index (κ1) is 24.8. The van der Waals surface area contributed by atoms with E-state index in [2.05, 4.69) is 5.32 Å². The molecule has 0 unspecified atom stereocenters. The van der Waals surface area contributed by atoms with Gasteiger partial charge in [0.15, 0.2) is 6.61 Å². The Morgan fingerprint density at radius 3 is 2.49 bits per heavy atom. The summed E-state index contributed by atoms with van der Waals surface area (Å²) in [7, 11) is 0. The topological polar surface area (TPSA) is 75.7 Å². The van der Waals surface area contributed by atoms with Crippen LogP contribution in [-0.2, 0) is 16.1 Å². The van der Waals surface area contributed by atoms with Gasteiger partial charge in [-0.2, -0.15) is 0 Å². The Balaban J connectivity index is 1.39. The SMILES string of the molecule is O=C(COc1ccc(/C=C2\SC(=O)N(Cc3ccc(F)cc3)C2=O)cc1Cl)Nc1ccccc1Cl. The van der Waals surface area contributed by atoms with Crippen LogP contribution in [0.5, 0.6) is 5.75 Å². The summed E-state index contributed by atoms with van der Waals surface area (Å²) in [6.45, 7) is -0.237. The van der Waals surface area contributed by atoms with Crippen molar-refractivity contribution in [3.63, 3.8) is 0 Å². The van der Waals surface area contributed by atoms with Gasteiger partial charge in [-0.1, -0.05) is 53.5 Å². The van der Waals surface area contributed by atoms with E-state index in [1.807, 2.05) is 0 Å². The van der Waals surface area contributed by atoms with Gasteiger partial charge in [-0.15, -0.1) is 0 Å². The summed E-state index contributed by atoms with van der Waals surface area (Å²) >= 11 is 13.1. The monoisotopic (exact) mass is 530 g/mol. The van der Waals surface area contributed by atoms with E-state index in [1.165, 1.54) is 24.3 Å². The molecule has 3 aromatic rings. The largest absolute Gasteiger partial charge is 0.482 e. The molecule has 0 aromatic heterocycles. The molecule has 3 aromatic carbocycles. The highest BCUT2D eigenvalue weighted by Crippen LogP contribution is 2.34. The van der Waals surface area contributed by atoms with Gasteiger partial charge in [0.2, 0.25) is 0 Å². The van der Waals surface area contributed by atoms with Crippen molar-refractivity contribution in [2.45, 2.75) is 6.54 Å². The van der Waals surface area contributed by atoms with Crippen LogP contribution in [0.1, 0.15) is 11.1 Å². The third-order valence-electron chi connectivity index (χ3n) is 4.89. The highest BCUT2D eigenvalue weighted by molar-refractivity contribution is 8.18. The van der Waals surface area contributed by atoms with Crippen molar-refractivity contribution in [1.82, 2.24) is 4.90 Å². The molecule has 35 heavy (non-hydrogen) atoms. The lowest BCUT2D eigenvalue weighted by molar-refractivity contribution is -0.123. The molecule has 3 amide bonds. The zero-order chi connectivity index (χ0) is 24.9.